The number of hydrogen-bond donors (Lipinski definition) is 1. The molecule has 5 nitrogen and oxygen atoms in total. The van der Waals surface area contributed by atoms with Crippen LogP contribution in [0, 0.1) is 11.3 Å². The standard InChI is InChI=1S/C9H10F2N4O/c10-8(11)6-15(1-2-16)9-5-13-7(3-12)4-14-9/h4-5,8,16H,1-2,6H2. The van der Waals surface area contributed by atoms with E-state index in [9.17, 15) is 8.78 Å². The molecule has 7 heteroatoms. The van der Waals surface area contributed by atoms with Crippen molar-refractivity contribution in [3.8, 4) is 6.07 Å². The Morgan fingerprint density at radius 1 is 1.44 bits per heavy atom. The first-order valence-electron chi connectivity index (χ1n) is 4.53. The summed E-state index contributed by atoms with van der Waals surface area (Å²) in [5.41, 5.74) is 0.116. The zero-order valence-corrected chi connectivity index (χ0v) is 8.35. The lowest BCUT2D eigenvalue weighted by atomic mass is 10.4. The summed E-state index contributed by atoms with van der Waals surface area (Å²) in [6, 6.07) is 1.78. The quantitative estimate of drug-likeness (QED) is 0.790. The molecule has 1 aromatic rings. The van der Waals surface area contributed by atoms with Gasteiger partial charge in [-0.15, -0.1) is 0 Å². The van der Waals surface area contributed by atoms with E-state index >= 15 is 0 Å². The zero-order chi connectivity index (χ0) is 12.0. The first-order chi connectivity index (χ1) is 7.67. The molecule has 0 saturated heterocycles. The van der Waals surface area contributed by atoms with Crippen LogP contribution in [0.2, 0.25) is 0 Å². The van der Waals surface area contributed by atoms with Gasteiger partial charge in [0.05, 0.1) is 25.5 Å². The second-order valence-corrected chi connectivity index (χ2v) is 2.93. The monoisotopic (exact) mass is 228 g/mol. The minimum Gasteiger partial charge on any atom is -0.395 e. The molecule has 1 rings (SSSR count). The van der Waals surface area contributed by atoms with E-state index in [0.717, 1.165) is 0 Å². The Kier molecular flexibility index (Phi) is 4.54. The Balaban J connectivity index is 2.80. The minimum absolute atomic E-state index is 0.0465. The first-order valence-corrected chi connectivity index (χ1v) is 4.53. The highest BCUT2D eigenvalue weighted by Crippen LogP contribution is 2.10. The summed E-state index contributed by atoms with van der Waals surface area (Å²) < 4.78 is 24.4. The van der Waals surface area contributed by atoms with E-state index in [2.05, 4.69) is 9.97 Å². The van der Waals surface area contributed by atoms with Crippen LogP contribution in [-0.4, -0.2) is 41.2 Å². The van der Waals surface area contributed by atoms with Crippen LogP contribution in [0.25, 0.3) is 0 Å². The predicted molar refractivity (Wildman–Crippen MR) is 52.0 cm³/mol. The van der Waals surface area contributed by atoms with Crippen LogP contribution in [0.15, 0.2) is 12.4 Å². The number of aliphatic hydroxyl groups excluding tert-OH is 1. The van der Waals surface area contributed by atoms with Gasteiger partial charge in [0, 0.05) is 6.54 Å². The van der Waals surface area contributed by atoms with Gasteiger partial charge in [0.1, 0.15) is 11.9 Å². The van der Waals surface area contributed by atoms with E-state index in [1.54, 1.807) is 6.07 Å². The Morgan fingerprint density at radius 3 is 2.62 bits per heavy atom. The minimum atomic E-state index is -2.52. The van der Waals surface area contributed by atoms with Gasteiger partial charge in [-0.05, 0) is 0 Å². The summed E-state index contributed by atoms with van der Waals surface area (Å²) in [7, 11) is 0. The fourth-order valence-electron chi connectivity index (χ4n) is 1.13. The maximum atomic E-state index is 12.2. The molecular weight excluding hydrogens is 218 g/mol. The molecule has 0 fully saturated rings. The largest absolute Gasteiger partial charge is 0.395 e. The molecule has 0 radical (unpaired) electrons. The molecule has 0 unspecified atom stereocenters. The Hall–Kier alpha value is -1.81. The van der Waals surface area contributed by atoms with Crippen LogP contribution in [0.4, 0.5) is 14.6 Å². The highest BCUT2D eigenvalue weighted by Gasteiger charge is 2.13. The van der Waals surface area contributed by atoms with Gasteiger partial charge in [0.25, 0.3) is 6.43 Å². The van der Waals surface area contributed by atoms with Crippen molar-refractivity contribution in [2.45, 2.75) is 6.43 Å². The summed E-state index contributed by atoms with van der Waals surface area (Å²) in [5, 5.41) is 17.2. The van der Waals surface area contributed by atoms with Gasteiger partial charge in [-0.1, -0.05) is 0 Å². The van der Waals surface area contributed by atoms with Gasteiger partial charge in [0.2, 0.25) is 0 Å². The van der Waals surface area contributed by atoms with Gasteiger partial charge in [-0.25, -0.2) is 18.7 Å². The van der Waals surface area contributed by atoms with Crippen LogP contribution >= 0.6 is 0 Å². The molecule has 16 heavy (non-hydrogen) atoms. The van der Waals surface area contributed by atoms with E-state index in [-0.39, 0.29) is 24.7 Å². The zero-order valence-electron chi connectivity index (χ0n) is 8.35. The molecule has 0 atom stereocenters. The molecule has 0 bridgehead atoms. The summed E-state index contributed by atoms with van der Waals surface area (Å²) in [6.07, 6.45) is -0.0918. The second kappa shape index (κ2) is 5.92. The number of rotatable bonds is 5. The molecular formula is C9H10F2N4O. The highest BCUT2D eigenvalue weighted by atomic mass is 19.3. The number of aromatic nitrogens is 2. The molecule has 1 N–H and O–H groups in total. The van der Waals surface area contributed by atoms with Gasteiger partial charge in [-0.3, -0.25) is 0 Å². The third kappa shape index (κ3) is 3.40. The number of anilines is 1. The van der Waals surface area contributed by atoms with E-state index in [0.29, 0.717) is 0 Å². The summed E-state index contributed by atoms with van der Waals surface area (Å²) >= 11 is 0. The van der Waals surface area contributed by atoms with Crippen molar-refractivity contribution in [1.29, 1.82) is 5.26 Å². The number of halogens is 2. The molecule has 86 valence electrons. The number of nitrogens with zero attached hydrogens (tertiary/aromatic N) is 4. The fraction of sp³-hybridized carbons (Fsp3) is 0.444. The van der Waals surface area contributed by atoms with E-state index in [1.807, 2.05) is 0 Å². The van der Waals surface area contributed by atoms with Crippen LogP contribution < -0.4 is 4.90 Å². The Bertz CT molecular complexity index is 363. The maximum absolute atomic E-state index is 12.2. The van der Waals surface area contributed by atoms with Crippen LogP contribution in [0.1, 0.15) is 5.69 Å². The Morgan fingerprint density at radius 2 is 2.19 bits per heavy atom. The fourth-order valence-corrected chi connectivity index (χ4v) is 1.13. The average Bonchev–Trinajstić information content (AvgIpc) is 2.28. The molecule has 0 aliphatic rings. The first kappa shape index (κ1) is 12.3. The molecule has 0 spiro atoms. The highest BCUT2D eigenvalue weighted by molar-refractivity contribution is 5.37. The number of alkyl halides is 2. The van der Waals surface area contributed by atoms with Crippen LogP contribution in [-0.2, 0) is 0 Å². The third-order valence-electron chi connectivity index (χ3n) is 1.81. The normalized spacial score (nSPS) is 10.2. The lowest BCUT2D eigenvalue weighted by molar-refractivity contribution is 0.152. The molecule has 0 saturated carbocycles. The lowest BCUT2D eigenvalue weighted by Crippen LogP contribution is -2.32. The molecule has 0 aliphatic carbocycles. The lowest BCUT2D eigenvalue weighted by Gasteiger charge is -2.21. The van der Waals surface area contributed by atoms with Gasteiger partial charge < -0.3 is 10.0 Å². The number of aliphatic hydroxyl groups is 1. The van der Waals surface area contributed by atoms with Crippen LogP contribution in [0.3, 0.4) is 0 Å². The van der Waals surface area contributed by atoms with Crippen molar-refractivity contribution in [3.63, 3.8) is 0 Å². The van der Waals surface area contributed by atoms with Crippen LogP contribution in [0.5, 0.6) is 0 Å². The third-order valence-corrected chi connectivity index (χ3v) is 1.81. The van der Waals surface area contributed by atoms with E-state index < -0.39 is 13.0 Å². The summed E-state index contributed by atoms with van der Waals surface area (Å²) in [6.45, 7) is -0.736. The summed E-state index contributed by atoms with van der Waals surface area (Å²) in [5.74, 6) is 0.216. The van der Waals surface area contributed by atoms with Crippen molar-refractivity contribution in [3.05, 3.63) is 18.1 Å². The van der Waals surface area contributed by atoms with Crippen molar-refractivity contribution < 1.29 is 13.9 Å². The van der Waals surface area contributed by atoms with E-state index in [4.69, 9.17) is 10.4 Å². The van der Waals surface area contributed by atoms with Gasteiger partial charge in [0.15, 0.2) is 5.69 Å². The van der Waals surface area contributed by atoms with Gasteiger partial charge >= 0.3 is 0 Å². The van der Waals surface area contributed by atoms with Crippen molar-refractivity contribution in [1.82, 2.24) is 9.97 Å². The smallest absolute Gasteiger partial charge is 0.255 e. The molecule has 0 amide bonds. The maximum Gasteiger partial charge on any atom is 0.255 e. The molecule has 0 aliphatic heterocycles. The predicted octanol–water partition coefficient (Wildman–Crippen LogP) is 0.412. The number of hydrogen-bond acceptors (Lipinski definition) is 5. The number of nitriles is 1. The SMILES string of the molecule is N#Cc1cnc(N(CCO)CC(F)F)cn1. The molecule has 0 aromatic carbocycles. The molecule has 1 aromatic heterocycles. The average molecular weight is 228 g/mol. The topological polar surface area (TPSA) is 73.0 Å². The summed E-state index contributed by atoms with van der Waals surface area (Å²) in [4.78, 5) is 8.74. The van der Waals surface area contributed by atoms with E-state index in [1.165, 1.54) is 17.3 Å². The van der Waals surface area contributed by atoms with Crippen molar-refractivity contribution >= 4 is 5.82 Å². The van der Waals surface area contributed by atoms with Gasteiger partial charge in [-0.2, -0.15) is 5.26 Å². The molecule has 1 heterocycles. The van der Waals surface area contributed by atoms with Crippen molar-refractivity contribution in [2.75, 3.05) is 24.6 Å². The second-order valence-electron chi connectivity index (χ2n) is 2.93. The van der Waals surface area contributed by atoms with Crippen molar-refractivity contribution in [2.24, 2.45) is 0 Å². The Labute approximate surface area is 91.0 Å².